The van der Waals surface area contributed by atoms with Crippen LogP contribution in [0.3, 0.4) is 0 Å². The molecule has 5 nitrogen and oxygen atoms in total. The molecule has 0 spiro atoms. The van der Waals surface area contributed by atoms with E-state index in [0.29, 0.717) is 32.9 Å². The molecule has 0 unspecified atom stereocenters. The maximum Gasteiger partial charge on any atom is 0.255 e. The zero-order valence-corrected chi connectivity index (χ0v) is 16.2. The van der Waals surface area contributed by atoms with Crippen LogP contribution >= 0.6 is 11.6 Å². The van der Waals surface area contributed by atoms with E-state index < -0.39 is 5.91 Å². The Bertz CT molecular complexity index is 1290. The first-order valence-corrected chi connectivity index (χ1v) is 9.23. The molecule has 4 rings (SSSR count). The summed E-state index contributed by atoms with van der Waals surface area (Å²) in [5, 5.41) is 13.4. The summed E-state index contributed by atoms with van der Waals surface area (Å²) in [5.74, 6) is -0.0529. The molecule has 6 heteroatoms. The molecule has 29 heavy (non-hydrogen) atoms. The summed E-state index contributed by atoms with van der Waals surface area (Å²) < 4.78 is 5.86. The van der Waals surface area contributed by atoms with Gasteiger partial charge in [0.25, 0.3) is 5.91 Å². The highest BCUT2D eigenvalue weighted by Gasteiger charge is 2.12. The van der Waals surface area contributed by atoms with Gasteiger partial charge in [0.1, 0.15) is 17.1 Å². The summed E-state index contributed by atoms with van der Waals surface area (Å²) in [5.41, 5.74) is 2.65. The summed E-state index contributed by atoms with van der Waals surface area (Å²) in [6.07, 6.45) is 0. The SMILES string of the molecule is Cc1ccc2oc(-c3ccc(C(=O)Nc4cc(Cl)ccc4O)cc3)cc(=O)c2c1. The monoisotopic (exact) mass is 405 g/mol. The highest BCUT2D eigenvalue weighted by Crippen LogP contribution is 2.27. The van der Waals surface area contributed by atoms with E-state index in [1.54, 1.807) is 36.4 Å². The predicted molar refractivity (Wildman–Crippen MR) is 114 cm³/mol. The van der Waals surface area contributed by atoms with Gasteiger partial charge in [-0.3, -0.25) is 9.59 Å². The highest BCUT2D eigenvalue weighted by molar-refractivity contribution is 6.31. The average molecular weight is 406 g/mol. The summed E-state index contributed by atoms with van der Waals surface area (Å²) in [6.45, 7) is 1.92. The van der Waals surface area contributed by atoms with Gasteiger partial charge in [-0.1, -0.05) is 35.4 Å². The number of benzene rings is 3. The fraction of sp³-hybridized carbons (Fsp3) is 0.0435. The summed E-state index contributed by atoms with van der Waals surface area (Å²) in [4.78, 5) is 24.9. The molecule has 0 aliphatic rings. The number of aryl methyl sites for hydroxylation is 1. The van der Waals surface area contributed by atoms with E-state index in [1.807, 2.05) is 13.0 Å². The van der Waals surface area contributed by atoms with Crippen molar-refractivity contribution in [3.8, 4) is 17.1 Å². The van der Waals surface area contributed by atoms with Crippen molar-refractivity contribution in [2.24, 2.45) is 0 Å². The second kappa shape index (κ2) is 7.45. The van der Waals surface area contributed by atoms with E-state index in [4.69, 9.17) is 16.0 Å². The van der Waals surface area contributed by atoms with Crippen molar-refractivity contribution < 1.29 is 14.3 Å². The minimum atomic E-state index is -0.399. The number of nitrogens with one attached hydrogen (secondary N) is 1. The van der Waals surface area contributed by atoms with Gasteiger partial charge in [-0.2, -0.15) is 0 Å². The van der Waals surface area contributed by atoms with Gasteiger partial charge in [0.2, 0.25) is 0 Å². The van der Waals surface area contributed by atoms with Crippen LogP contribution in [0.25, 0.3) is 22.3 Å². The fourth-order valence-corrected chi connectivity index (χ4v) is 3.17. The summed E-state index contributed by atoms with van der Waals surface area (Å²) in [7, 11) is 0. The lowest BCUT2D eigenvalue weighted by Crippen LogP contribution is -2.11. The summed E-state index contributed by atoms with van der Waals surface area (Å²) >= 11 is 5.90. The van der Waals surface area contributed by atoms with Crippen LogP contribution in [0, 0.1) is 6.92 Å². The topological polar surface area (TPSA) is 79.5 Å². The molecule has 0 aliphatic heterocycles. The average Bonchev–Trinajstić information content (AvgIpc) is 2.71. The molecule has 2 N–H and O–H groups in total. The maximum absolute atomic E-state index is 12.4. The Morgan fingerprint density at radius 2 is 1.76 bits per heavy atom. The molecule has 4 aromatic rings. The number of aromatic hydroxyl groups is 1. The van der Waals surface area contributed by atoms with Gasteiger partial charge in [-0.15, -0.1) is 0 Å². The van der Waals surface area contributed by atoms with Crippen LogP contribution in [0.5, 0.6) is 5.75 Å². The van der Waals surface area contributed by atoms with Crippen molar-refractivity contribution in [1.82, 2.24) is 0 Å². The Hall–Kier alpha value is -3.57. The smallest absolute Gasteiger partial charge is 0.255 e. The van der Waals surface area contributed by atoms with E-state index in [0.717, 1.165) is 5.56 Å². The Morgan fingerprint density at radius 1 is 1.00 bits per heavy atom. The molecule has 0 fully saturated rings. The Balaban J connectivity index is 1.61. The van der Waals surface area contributed by atoms with Crippen LogP contribution in [0.2, 0.25) is 5.02 Å². The molecule has 1 amide bonds. The van der Waals surface area contributed by atoms with Gasteiger partial charge in [0.05, 0.1) is 11.1 Å². The van der Waals surface area contributed by atoms with Crippen molar-refractivity contribution in [1.29, 1.82) is 0 Å². The van der Waals surface area contributed by atoms with Gasteiger partial charge in [-0.05, 0) is 49.4 Å². The van der Waals surface area contributed by atoms with Gasteiger partial charge in [-0.25, -0.2) is 0 Å². The quantitative estimate of drug-likeness (QED) is 0.448. The largest absolute Gasteiger partial charge is 0.506 e. The third-order valence-corrected chi connectivity index (χ3v) is 4.76. The number of fused-ring (bicyclic) bond motifs is 1. The van der Waals surface area contributed by atoms with E-state index in [1.165, 1.54) is 24.3 Å². The van der Waals surface area contributed by atoms with Gasteiger partial charge >= 0.3 is 0 Å². The van der Waals surface area contributed by atoms with E-state index in [9.17, 15) is 14.7 Å². The number of carbonyl (C=O) groups excluding carboxylic acids is 1. The predicted octanol–water partition coefficient (Wildman–Crippen LogP) is 5.38. The third kappa shape index (κ3) is 3.86. The fourth-order valence-electron chi connectivity index (χ4n) is 3.00. The highest BCUT2D eigenvalue weighted by atomic mass is 35.5. The molecule has 1 heterocycles. The number of amides is 1. The normalized spacial score (nSPS) is 10.8. The molecule has 1 aromatic heterocycles. The number of hydrogen-bond donors (Lipinski definition) is 2. The molecule has 0 bridgehead atoms. The number of rotatable bonds is 3. The van der Waals surface area contributed by atoms with Crippen molar-refractivity contribution >= 4 is 34.2 Å². The first kappa shape index (κ1) is 18.8. The Kier molecular flexibility index (Phi) is 4.82. The van der Waals surface area contributed by atoms with Gasteiger partial charge < -0.3 is 14.8 Å². The van der Waals surface area contributed by atoms with Crippen molar-refractivity contribution in [3.63, 3.8) is 0 Å². The number of phenolic OH excluding ortho intramolecular Hbond substituents is 1. The lowest BCUT2D eigenvalue weighted by atomic mass is 10.1. The second-order valence-electron chi connectivity index (χ2n) is 6.67. The van der Waals surface area contributed by atoms with E-state index in [-0.39, 0.29) is 16.9 Å². The van der Waals surface area contributed by atoms with Gasteiger partial charge in [0.15, 0.2) is 5.43 Å². The standard InChI is InChI=1S/C23H16ClNO4/c1-13-2-9-21-17(10-13)20(27)12-22(29-21)14-3-5-15(6-4-14)23(28)25-18-11-16(24)7-8-19(18)26/h2-12,26H,1H3,(H,25,28). The zero-order valence-electron chi connectivity index (χ0n) is 15.4. The molecule has 0 radical (unpaired) electrons. The van der Waals surface area contributed by atoms with Crippen LogP contribution in [0.15, 0.2) is 75.9 Å². The lowest BCUT2D eigenvalue weighted by molar-refractivity contribution is 0.102. The number of phenols is 1. The molecule has 3 aromatic carbocycles. The van der Waals surface area contributed by atoms with Crippen LogP contribution in [-0.4, -0.2) is 11.0 Å². The third-order valence-electron chi connectivity index (χ3n) is 4.52. The van der Waals surface area contributed by atoms with E-state index >= 15 is 0 Å². The number of halogens is 1. The number of carbonyl (C=O) groups is 1. The minimum Gasteiger partial charge on any atom is -0.506 e. The molecule has 0 saturated carbocycles. The van der Waals surface area contributed by atoms with Crippen molar-refractivity contribution in [3.05, 3.63) is 93.1 Å². The maximum atomic E-state index is 12.4. The lowest BCUT2D eigenvalue weighted by Gasteiger charge is -2.09. The summed E-state index contributed by atoms with van der Waals surface area (Å²) in [6, 6.07) is 17.9. The van der Waals surface area contributed by atoms with Crippen LogP contribution < -0.4 is 10.7 Å². The first-order valence-electron chi connectivity index (χ1n) is 8.85. The second-order valence-corrected chi connectivity index (χ2v) is 7.10. The molecule has 0 atom stereocenters. The molecule has 0 aliphatic carbocycles. The van der Waals surface area contributed by atoms with Crippen LogP contribution in [0.4, 0.5) is 5.69 Å². The van der Waals surface area contributed by atoms with Crippen molar-refractivity contribution in [2.75, 3.05) is 5.32 Å². The van der Waals surface area contributed by atoms with Gasteiger partial charge in [0, 0.05) is 22.2 Å². The molecule has 0 saturated heterocycles. The van der Waals surface area contributed by atoms with Crippen LogP contribution in [0.1, 0.15) is 15.9 Å². The molecular weight excluding hydrogens is 390 g/mol. The first-order chi connectivity index (χ1) is 13.9. The van der Waals surface area contributed by atoms with Crippen LogP contribution in [-0.2, 0) is 0 Å². The molecule has 144 valence electrons. The Morgan fingerprint density at radius 3 is 2.52 bits per heavy atom. The number of anilines is 1. The zero-order chi connectivity index (χ0) is 20.5. The number of hydrogen-bond acceptors (Lipinski definition) is 4. The Labute approximate surface area is 171 Å². The molecular formula is C23H16ClNO4. The minimum absolute atomic E-state index is 0.0763. The van der Waals surface area contributed by atoms with E-state index in [2.05, 4.69) is 5.32 Å². The van der Waals surface area contributed by atoms with Crippen molar-refractivity contribution in [2.45, 2.75) is 6.92 Å².